The van der Waals surface area contributed by atoms with Crippen LogP contribution in [-0.4, -0.2) is 24.1 Å². The van der Waals surface area contributed by atoms with Gasteiger partial charge in [-0.1, -0.05) is 0 Å². The number of rotatable bonds is 6. The predicted octanol–water partition coefficient (Wildman–Crippen LogP) is 4.39. The Hall–Kier alpha value is -2.09. The number of aromatic nitrogens is 1. The van der Waals surface area contributed by atoms with Crippen molar-refractivity contribution in [1.82, 2.24) is 4.98 Å². The fourth-order valence-electron chi connectivity index (χ4n) is 2.03. The highest BCUT2D eigenvalue weighted by Gasteiger charge is 2.30. The summed E-state index contributed by atoms with van der Waals surface area (Å²) < 4.78 is 53.4. The predicted molar refractivity (Wildman–Crippen MR) is 82.6 cm³/mol. The molecule has 0 aliphatic carbocycles. The van der Waals surface area contributed by atoms with Crippen molar-refractivity contribution in [3.63, 3.8) is 0 Å². The lowest BCUT2D eigenvalue weighted by Crippen LogP contribution is -2.05. The molecule has 0 atom stereocenters. The lowest BCUT2D eigenvalue weighted by Gasteiger charge is -2.08. The van der Waals surface area contributed by atoms with Crippen molar-refractivity contribution in [2.75, 3.05) is 19.2 Å². The number of benzene rings is 1. The number of hydrogen-bond acceptors (Lipinski definition) is 5. The first-order valence-corrected chi connectivity index (χ1v) is 8.19. The van der Waals surface area contributed by atoms with Gasteiger partial charge in [-0.25, -0.2) is 4.98 Å². The monoisotopic (exact) mass is 357 g/mol. The Kier molecular flexibility index (Phi) is 5.03. The van der Waals surface area contributed by atoms with Crippen LogP contribution in [0, 0.1) is 0 Å². The van der Waals surface area contributed by atoms with Crippen LogP contribution < -0.4 is 14.2 Å². The van der Waals surface area contributed by atoms with Crippen molar-refractivity contribution in [3.8, 4) is 17.2 Å². The number of thioether (sulfide) groups is 1. The Morgan fingerprint density at radius 3 is 2.71 bits per heavy atom. The van der Waals surface area contributed by atoms with Gasteiger partial charge in [-0.3, -0.25) is 0 Å². The van der Waals surface area contributed by atoms with Crippen LogP contribution in [0.4, 0.5) is 13.2 Å². The van der Waals surface area contributed by atoms with Gasteiger partial charge in [0.2, 0.25) is 6.79 Å². The van der Waals surface area contributed by atoms with Gasteiger partial charge in [-0.2, -0.15) is 13.2 Å². The van der Waals surface area contributed by atoms with Crippen LogP contribution in [0.25, 0.3) is 0 Å². The van der Waals surface area contributed by atoms with Crippen molar-refractivity contribution < 1.29 is 27.4 Å². The van der Waals surface area contributed by atoms with Gasteiger partial charge in [-0.05, 0) is 30.7 Å². The molecule has 1 aliphatic heterocycles. The highest BCUT2D eigenvalue weighted by Crippen LogP contribution is 2.35. The molecule has 1 aromatic carbocycles. The summed E-state index contributed by atoms with van der Waals surface area (Å²) in [7, 11) is 0. The SMILES string of the molecule is FC(F)(F)c1ccc(SCCCOc2ccc3c(c2)OCO3)nc1. The van der Waals surface area contributed by atoms with E-state index in [1.54, 1.807) is 18.2 Å². The first-order valence-electron chi connectivity index (χ1n) is 7.21. The molecule has 8 heteroatoms. The zero-order valence-electron chi connectivity index (χ0n) is 12.5. The highest BCUT2D eigenvalue weighted by molar-refractivity contribution is 7.99. The lowest BCUT2D eigenvalue weighted by atomic mass is 10.3. The molecule has 0 fully saturated rings. The van der Waals surface area contributed by atoms with Crippen molar-refractivity contribution >= 4 is 11.8 Å². The molecule has 0 amide bonds. The van der Waals surface area contributed by atoms with Gasteiger partial charge in [-0.15, -0.1) is 11.8 Å². The van der Waals surface area contributed by atoms with E-state index in [2.05, 4.69) is 4.98 Å². The van der Waals surface area contributed by atoms with E-state index in [1.165, 1.54) is 17.8 Å². The zero-order chi connectivity index (χ0) is 17.0. The van der Waals surface area contributed by atoms with Crippen LogP contribution in [0.5, 0.6) is 17.2 Å². The minimum atomic E-state index is -4.35. The molecular formula is C16H14F3NO3S. The van der Waals surface area contributed by atoms with Gasteiger partial charge >= 0.3 is 6.18 Å². The van der Waals surface area contributed by atoms with E-state index < -0.39 is 11.7 Å². The standard InChI is InChI=1S/C16H14F3NO3S/c17-16(18,19)11-2-5-15(20-9-11)24-7-1-6-21-12-3-4-13-14(8-12)23-10-22-13/h2-5,8-9H,1,6-7,10H2. The van der Waals surface area contributed by atoms with Crippen molar-refractivity contribution in [2.24, 2.45) is 0 Å². The second-order valence-corrected chi connectivity index (χ2v) is 6.06. The number of fused-ring (bicyclic) bond motifs is 1. The maximum atomic E-state index is 12.4. The van der Waals surface area contributed by atoms with Crippen LogP contribution in [0.2, 0.25) is 0 Å². The molecule has 0 radical (unpaired) electrons. The molecule has 0 N–H and O–H groups in total. The summed E-state index contributed by atoms with van der Waals surface area (Å²) in [6, 6.07) is 7.79. The average Bonchev–Trinajstić information content (AvgIpc) is 3.02. The van der Waals surface area contributed by atoms with Crippen LogP contribution in [0.1, 0.15) is 12.0 Å². The second kappa shape index (κ2) is 7.21. The molecule has 0 saturated heterocycles. The normalized spacial score (nSPS) is 13.1. The molecule has 1 aromatic heterocycles. The van der Waals surface area contributed by atoms with E-state index >= 15 is 0 Å². The maximum Gasteiger partial charge on any atom is 0.417 e. The Balaban J connectivity index is 1.39. The Labute approximate surface area is 140 Å². The average molecular weight is 357 g/mol. The molecule has 128 valence electrons. The van der Waals surface area contributed by atoms with Gasteiger partial charge in [0.15, 0.2) is 11.5 Å². The molecule has 0 saturated carbocycles. The molecule has 1 aliphatic rings. The Bertz CT molecular complexity index is 692. The Morgan fingerprint density at radius 2 is 1.96 bits per heavy atom. The number of hydrogen-bond donors (Lipinski definition) is 0. The van der Waals surface area contributed by atoms with E-state index in [0.29, 0.717) is 34.6 Å². The first-order chi connectivity index (χ1) is 11.5. The maximum absolute atomic E-state index is 12.4. The summed E-state index contributed by atoms with van der Waals surface area (Å²) in [4.78, 5) is 3.81. The molecule has 0 spiro atoms. The van der Waals surface area contributed by atoms with E-state index in [-0.39, 0.29) is 6.79 Å². The van der Waals surface area contributed by atoms with Crippen molar-refractivity contribution in [3.05, 3.63) is 42.1 Å². The topological polar surface area (TPSA) is 40.6 Å². The molecule has 4 nitrogen and oxygen atoms in total. The van der Waals surface area contributed by atoms with Gasteiger partial charge in [0.05, 0.1) is 17.2 Å². The van der Waals surface area contributed by atoms with E-state index in [0.717, 1.165) is 18.7 Å². The molecule has 2 aromatic rings. The second-order valence-electron chi connectivity index (χ2n) is 4.95. The van der Waals surface area contributed by atoms with Crippen molar-refractivity contribution in [1.29, 1.82) is 0 Å². The number of pyridine rings is 1. The summed E-state index contributed by atoms with van der Waals surface area (Å²) in [5.74, 6) is 2.75. The number of alkyl halides is 3. The molecule has 2 heterocycles. The van der Waals surface area contributed by atoms with Crippen LogP contribution in [0.3, 0.4) is 0 Å². The Morgan fingerprint density at radius 1 is 1.12 bits per heavy atom. The van der Waals surface area contributed by atoms with Gasteiger partial charge in [0.1, 0.15) is 5.75 Å². The minimum absolute atomic E-state index is 0.218. The lowest BCUT2D eigenvalue weighted by molar-refractivity contribution is -0.137. The quantitative estimate of drug-likeness (QED) is 0.566. The smallest absolute Gasteiger partial charge is 0.417 e. The third-order valence-corrected chi connectivity index (χ3v) is 4.25. The van der Waals surface area contributed by atoms with E-state index in [1.807, 2.05) is 0 Å². The van der Waals surface area contributed by atoms with E-state index in [9.17, 15) is 13.2 Å². The van der Waals surface area contributed by atoms with Crippen molar-refractivity contribution in [2.45, 2.75) is 17.6 Å². The van der Waals surface area contributed by atoms with Crippen LogP contribution in [-0.2, 0) is 6.18 Å². The summed E-state index contributed by atoms with van der Waals surface area (Å²) in [5, 5.41) is 0.561. The zero-order valence-corrected chi connectivity index (χ0v) is 13.3. The van der Waals surface area contributed by atoms with Gasteiger partial charge in [0.25, 0.3) is 0 Å². The minimum Gasteiger partial charge on any atom is -0.493 e. The summed E-state index contributed by atoms with van der Waals surface area (Å²) >= 11 is 1.39. The molecule has 24 heavy (non-hydrogen) atoms. The molecule has 3 rings (SSSR count). The fraction of sp³-hybridized carbons (Fsp3) is 0.312. The van der Waals surface area contributed by atoms with Gasteiger partial charge < -0.3 is 14.2 Å². The highest BCUT2D eigenvalue weighted by atomic mass is 32.2. The molecular weight excluding hydrogens is 343 g/mol. The summed E-state index contributed by atoms with van der Waals surface area (Å²) in [6.45, 7) is 0.711. The van der Waals surface area contributed by atoms with Gasteiger partial charge in [0, 0.05) is 18.0 Å². The summed E-state index contributed by atoms with van der Waals surface area (Å²) in [5.41, 5.74) is -0.738. The first kappa shape index (κ1) is 16.8. The number of ether oxygens (including phenoxy) is 3. The van der Waals surface area contributed by atoms with Crippen LogP contribution in [0.15, 0.2) is 41.6 Å². The number of halogens is 3. The largest absolute Gasteiger partial charge is 0.493 e. The fourth-order valence-corrected chi connectivity index (χ4v) is 2.79. The third-order valence-electron chi connectivity index (χ3n) is 3.22. The third kappa shape index (κ3) is 4.25. The van der Waals surface area contributed by atoms with Crippen LogP contribution >= 0.6 is 11.8 Å². The summed E-state index contributed by atoms with van der Waals surface area (Å²) in [6.07, 6.45) is -2.76. The van der Waals surface area contributed by atoms with E-state index in [4.69, 9.17) is 14.2 Å². The molecule has 0 bridgehead atoms. The number of nitrogens with zero attached hydrogens (tertiary/aromatic N) is 1. The molecule has 0 unspecified atom stereocenters.